The van der Waals surface area contributed by atoms with Crippen LogP contribution in [0.3, 0.4) is 0 Å². The van der Waals surface area contributed by atoms with Crippen LogP contribution < -0.4 is 0 Å². The lowest BCUT2D eigenvalue weighted by Gasteiger charge is -2.23. The van der Waals surface area contributed by atoms with Crippen molar-refractivity contribution in [3.63, 3.8) is 0 Å². The van der Waals surface area contributed by atoms with Crippen LogP contribution in [-0.4, -0.2) is 11.7 Å². The molecule has 0 heterocycles. The SMILES string of the molecule is C=CC(C)(CO)Cc1ccc(C(F)(F)F)cc1. The maximum atomic E-state index is 12.3. The average molecular weight is 244 g/mol. The molecule has 4 heteroatoms. The van der Waals surface area contributed by atoms with Crippen molar-refractivity contribution in [3.8, 4) is 0 Å². The zero-order valence-corrected chi connectivity index (χ0v) is 9.59. The fraction of sp³-hybridized carbons (Fsp3) is 0.385. The van der Waals surface area contributed by atoms with Gasteiger partial charge in [0.15, 0.2) is 0 Å². The molecule has 0 fully saturated rings. The molecule has 1 N–H and O–H groups in total. The third-order valence-electron chi connectivity index (χ3n) is 2.74. The predicted molar refractivity (Wildman–Crippen MR) is 60.5 cm³/mol. The molecule has 17 heavy (non-hydrogen) atoms. The second kappa shape index (κ2) is 4.92. The van der Waals surface area contributed by atoms with E-state index in [0.717, 1.165) is 17.7 Å². The van der Waals surface area contributed by atoms with Crippen molar-refractivity contribution in [2.75, 3.05) is 6.61 Å². The van der Waals surface area contributed by atoms with E-state index in [-0.39, 0.29) is 6.61 Å². The van der Waals surface area contributed by atoms with Gasteiger partial charge in [-0.25, -0.2) is 0 Å². The first-order chi connectivity index (χ1) is 7.80. The Kier molecular flexibility index (Phi) is 3.98. The highest BCUT2D eigenvalue weighted by Gasteiger charge is 2.30. The van der Waals surface area contributed by atoms with E-state index in [9.17, 15) is 18.3 Å². The Balaban J connectivity index is 2.86. The van der Waals surface area contributed by atoms with Crippen LogP contribution in [0.25, 0.3) is 0 Å². The van der Waals surface area contributed by atoms with Crippen LogP contribution in [-0.2, 0) is 12.6 Å². The van der Waals surface area contributed by atoms with Gasteiger partial charge >= 0.3 is 6.18 Å². The highest BCUT2D eigenvalue weighted by atomic mass is 19.4. The number of alkyl halides is 3. The van der Waals surface area contributed by atoms with E-state index in [2.05, 4.69) is 6.58 Å². The molecule has 1 aromatic carbocycles. The highest BCUT2D eigenvalue weighted by molar-refractivity contribution is 5.26. The molecule has 1 unspecified atom stereocenters. The van der Waals surface area contributed by atoms with Crippen LogP contribution in [0.2, 0.25) is 0 Å². The second-order valence-corrected chi connectivity index (χ2v) is 4.39. The topological polar surface area (TPSA) is 20.2 Å². The molecule has 0 aliphatic heterocycles. The third kappa shape index (κ3) is 3.60. The summed E-state index contributed by atoms with van der Waals surface area (Å²) < 4.78 is 37.0. The van der Waals surface area contributed by atoms with E-state index >= 15 is 0 Å². The molecule has 0 aliphatic carbocycles. The van der Waals surface area contributed by atoms with Gasteiger partial charge in [0.1, 0.15) is 0 Å². The van der Waals surface area contributed by atoms with Crippen LogP contribution in [0, 0.1) is 5.41 Å². The van der Waals surface area contributed by atoms with Crippen molar-refractivity contribution in [2.45, 2.75) is 19.5 Å². The van der Waals surface area contributed by atoms with Crippen molar-refractivity contribution in [1.29, 1.82) is 0 Å². The fourth-order valence-corrected chi connectivity index (χ4v) is 1.47. The summed E-state index contributed by atoms with van der Waals surface area (Å²) in [7, 11) is 0. The summed E-state index contributed by atoms with van der Waals surface area (Å²) in [4.78, 5) is 0. The molecule has 0 aliphatic rings. The lowest BCUT2D eigenvalue weighted by molar-refractivity contribution is -0.137. The first kappa shape index (κ1) is 13.8. The van der Waals surface area contributed by atoms with Gasteiger partial charge in [0.2, 0.25) is 0 Å². The smallest absolute Gasteiger partial charge is 0.395 e. The fourth-order valence-electron chi connectivity index (χ4n) is 1.47. The molecule has 1 atom stereocenters. The van der Waals surface area contributed by atoms with Crippen molar-refractivity contribution in [2.24, 2.45) is 5.41 Å². The Bertz CT molecular complexity index is 381. The molecule has 0 spiro atoms. The normalized spacial score (nSPS) is 15.4. The minimum absolute atomic E-state index is 0.0858. The van der Waals surface area contributed by atoms with Crippen molar-refractivity contribution < 1.29 is 18.3 Å². The molecule has 1 aromatic rings. The van der Waals surface area contributed by atoms with Gasteiger partial charge in [-0.3, -0.25) is 0 Å². The first-order valence-electron chi connectivity index (χ1n) is 5.21. The minimum atomic E-state index is -4.31. The van der Waals surface area contributed by atoms with Crippen LogP contribution in [0.15, 0.2) is 36.9 Å². The predicted octanol–water partition coefficient (Wildman–Crippen LogP) is 3.43. The molecule has 0 amide bonds. The summed E-state index contributed by atoms with van der Waals surface area (Å²) in [5.41, 5.74) is -0.417. The van der Waals surface area contributed by atoms with Crippen molar-refractivity contribution >= 4 is 0 Å². The molecule has 0 radical (unpaired) electrons. The molecular formula is C13H15F3O. The van der Waals surface area contributed by atoms with E-state index in [1.807, 2.05) is 0 Å². The number of halogens is 3. The van der Waals surface area contributed by atoms with E-state index < -0.39 is 17.2 Å². The molecule has 0 bridgehead atoms. The Labute approximate surface area is 98.6 Å². The summed E-state index contributed by atoms with van der Waals surface area (Å²) in [5.74, 6) is 0. The Morgan fingerprint density at radius 3 is 2.12 bits per heavy atom. The average Bonchev–Trinajstić information content (AvgIpc) is 2.28. The van der Waals surface area contributed by atoms with Gasteiger partial charge in [0.25, 0.3) is 0 Å². The zero-order chi connectivity index (χ0) is 13.1. The summed E-state index contributed by atoms with van der Waals surface area (Å²) in [6.07, 6.45) is -2.23. The van der Waals surface area contributed by atoms with Crippen molar-refractivity contribution in [1.82, 2.24) is 0 Å². The maximum absolute atomic E-state index is 12.3. The molecular weight excluding hydrogens is 229 g/mol. The Hall–Kier alpha value is -1.29. The van der Waals surface area contributed by atoms with Gasteiger partial charge in [-0.2, -0.15) is 13.2 Å². The summed E-state index contributed by atoms with van der Waals surface area (Å²) in [5, 5.41) is 9.18. The Morgan fingerprint density at radius 1 is 1.24 bits per heavy atom. The summed E-state index contributed by atoms with van der Waals surface area (Å²) >= 11 is 0. The van der Waals surface area contributed by atoms with Crippen LogP contribution in [0.5, 0.6) is 0 Å². The molecule has 0 saturated carbocycles. The van der Waals surface area contributed by atoms with E-state index in [1.54, 1.807) is 13.0 Å². The number of rotatable bonds is 4. The van der Waals surface area contributed by atoms with Gasteiger partial charge in [-0.1, -0.05) is 25.1 Å². The third-order valence-corrected chi connectivity index (χ3v) is 2.74. The minimum Gasteiger partial charge on any atom is -0.395 e. The molecule has 0 aromatic heterocycles. The van der Waals surface area contributed by atoms with Gasteiger partial charge in [-0.05, 0) is 24.1 Å². The molecule has 1 nitrogen and oxygen atoms in total. The molecule has 0 saturated heterocycles. The van der Waals surface area contributed by atoms with Crippen LogP contribution >= 0.6 is 0 Å². The number of hydrogen-bond acceptors (Lipinski definition) is 1. The number of hydrogen-bond donors (Lipinski definition) is 1. The number of aliphatic hydroxyl groups is 1. The highest BCUT2D eigenvalue weighted by Crippen LogP contribution is 2.30. The largest absolute Gasteiger partial charge is 0.416 e. The Morgan fingerprint density at radius 2 is 1.76 bits per heavy atom. The lowest BCUT2D eigenvalue weighted by Crippen LogP contribution is -2.21. The van der Waals surface area contributed by atoms with Crippen LogP contribution in [0.4, 0.5) is 13.2 Å². The van der Waals surface area contributed by atoms with Gasteiger partial charge < -0.3 is 5.11 Å². The van der Waals surface area contributed by atoms with E-state index in [1.165, 1.54) is 12.1 Å². The lowest BCUT2D eigenvalue weighted by atomic mass is 9.84. The zero-order valence-electron chi connectivity index (χ0n) is 9.59. The van der Waals surface area contributed by atoms with Gasteiger partial charge in [-0.15, -0.1) is 6.58 Å². The van der Waals surface area contributed by atoms with Crippen molar-refractivity contribution in [3.05, 3.63) is 48.0 Å². The summed E-state index contributed by atoms with van der Waals surface area (Å²) in [6, 6.07) is 4.97. The second-order valence-electron chi connectivity index (χ2n) is 4.39. The van der Waals surface area contributed by atoms with Gasteiger partial charge in [0.05, 0.1) is 12.2 Å². The first-order valence-corrected chi connectivity index (χ1v) is 5.21. The van der Waals surface area contributed by atoms with E-state index in [0.29, 0.717) is 6.42 Å². The number of benzene rings is 1. The van der Waals surface area contributed by atoms with Crippen LogP contribution in [0.1, 0.15) is 18.1 Å². The number of aliphatic hydroxyl groups excluding tert-OH is 1. The summed E-state index contributed by atoms with van der Waals surface area (Å²) in [6.45, 7) is 5.33. The molecule has 1 rings (SSSR count). The monoisotopic (exact) mass is 244 g/mol. The standard InChI is InChI=1S/C13H15F3O/c1-3-12(2,9-17)8-10-4-6-11(7-5-10)13(14,15)16/h3-7,17H,1,8-9H2,2H3. The maximum Gasteiger partial charge on any atom is 0.416 e. The quantitative estimate of drug-likeness (QED) is 0.804. The van der Waals surface area contributed by atoms with Gasteiger partial charge in [0, 0.05) is 5.41 Å². The molecule has 94 valence electrons. The van der Waals surface area contributed by atoms with E-state index in [4.69, 9.17) is 0 Å².